The molecule has 0 spiro atoms. The summed E-state index contributed by atoms with van der Waals surface area (Å²) in [7, 11) is 0. The van der Waals surface area contributed by atoms with Gasteiger partial charge in [-0.05, 0) is 30.3 Å². The van der Waals surface area contributed by atoms with E-state index in [1.807, 2.05) is 0 Å². The molecule has 0 aliphatic heterocycles. The molecule has 4 rings (SSSR count). The molecule has 2 aromatic carbocycles. The van der Waals surface area contributed by atoms with Gasteiger partial charge in [-0.2, -0.15) is 9.61 Å². The van der Waals surface area contributed by atoms with Crippen molar-refractivity contribution in [3.05, 3.63) is 59.7 Å². The van der Waals surface area contributed by atoms with Crippen LogP contribution >= 0.6 is 11.3 Å². The fraction of sp³-hybridized carbons (Fsp3) is 0. The Morgan fingerprint density at radius 2 is 1.71 bits per heavy atom. The van der Waals surface area contributed by atoms with Crippen molar-refractivity contribution in [3.63, 3.8) is 0 Å². The number of aromatic nitrogens is 4. The molecule has 0 unspecified atom stereocenters. The van der Waals surface area contributed by atoms with Gasteiger partial charge in [-0.3, -0.25) is 0 Å². The summed E-state index contributed by atoms with van der Waals surface area (Å²) >= 11 is 0.954. The van der Waals surface area contributed by atoms with Crippen molar-refractivity contribution in [1.29, 1.82) is 0 Å². The predicted octanol–water partition coefficient (Wildman–Crippen LogP) is 4.08. The molecule has 0 amide bonds. The third kappa shape index (κ3) is 2.24. The highest BCUT2D eigenvalue weighted by molar-refractivity contribution is 7.19. The van der Waals surface area contributed by atoms with E-state index < -0.39 is 23.3 Å². The quantitative estimate of drug-likeness (QED) is 0.512. The van der Waals surface area contributed by atoms with Crippen molar-refractivity contribution in [2.75, 3.05) is 0 Å². The lowest BCUT2D eigenvalue weighted by atomic mass is 10.2. The lowest BCUT2D eigenvalue weighted by Crippen LogP contribution is -1.96. The molecule has 4 aromatic rings. The van der Waals surface area contributed by atoms with E-state index in [2.05, 4.69) is 15.3 Å². The molecule has 0 aliphatic carbocycles. The summed E-state index contributed by atoms with van der Waals surface area (Å²) < 4.78 is 55.7. The van der Waals surface area contributed by atoms with Crippen LogP contribution in [-0.4, -0.2) is 19.8 Å². The van der Waals surface area contributed by atoms with Gasteiger partial charge < -0.3 is 0 Å². The molecule has 4 nitrogen and oxygen atoms in total. The molecule has 0 fully saturated rings. The van der Waals surface area contributed by atoms with Gasteiger partial charge in [0.25, 0.3) is 0 Å². The van der Waals surface area contributed by atoms with E-state index in [1.54, 1.807) is 0 Å². The minimum absolute atomic E-state index is 0.0266. The van der Waals surface area contributed by atoms with Crippen LogP contribution in [0.15, 0.2) is 36.4 Å². The molecular formula is C15H6F4N4S. The number of halogens is 4. The molecule has 120 valence electrons. The van der Waals surface area contributed by atoms with Gasteiger partial charge in [0.05, 0.1) is 11.1 Å². The zero-order valence-electron chi connectivity index (χ0n) is 11.7. The smallest absolute Gasteiger partial charge is 0.207 e. The van der Waals surface area contributed by atoms with Crippen LogP contribution in [-0.2, 0) is 0 Å². The van der Waals surface area contributed by atoms with Crippen LogP contribution in [0.25, 0.3) is 26.9 Å². The van der Waals surface area contributed by atoms with Gasteiger partial charge >= 0.3 is 0 Å². The summed E-state index contributed by atoms with van der Waals surface area (Å²) in [5.41, 5.74) is -0.171. The topological polar surface area (TPSA) is 43.1 Å². The Hall–Kier alpha value is -2.81. The largest absolute Gasteiger partial charge is 0.235 e. The Morgan fingerprint density at radius 1 is 0.875 bits per heavy atom. The molecule has 9 heteroatoms. The molecule has 24 heavy (non-hydrogen) atoms. The van der Waals surface area contributed by atoms with Crippen LogP contribution in [0.5, 0.6) is 0 Å². The first kappa shape index (κ1) is 14.8. The lowest BCUT2D eigenvalue weighted by Gasteiger charge is -2.00. The maximum atomic E-state index is 13.9. The van der Waals surface area contributed by atoms with Gasteiger partial charge in [0, 0.05) is 0 Å². The summed E-state index contributed by atoms with van der Waals surface area (Å²) in [6.07, 6.45) is 0. The van der Waals surface area contributed by atoms with E-state index in [-0.39, 0.29) is 26.9 Å². The summed E-state index contributed by atoms with van der Waals surface area (Å²) in [6, 6.07) is 6.62. The number of nitrogens with zero attached hydrogens (tertiary/aromatic N) is 4. The van der Waals surface area contributed by atoms with Crippen LogP contribution in [0, 0.1) is 23.3 Å². The third-order valence-electron chi connectivity index (χ3n) is 3.34. The fourth-order valence-electron chi connectivity index (χ4n) is 2.23. The van der Waals surface area contributed by atoms with E-state index in [0.29, 0.717) is 0 Å². The van der Waals surface area contributed by atoms with E-state index in [4.69, 9.17) is 0 Å². The molecule has 2 heterocycles. The first-order chi connectivity index (χ1) is 11.5. The fourth-order valence-corrected chi connectivity index (χ4v) is 3.09. The van der Waals surface area contributed by atoms with Crippen molar-refractivity contribution in [3.8, 4) is 22.0 Å². The Labute approximate surface area is 136 Å². The predicted molar refractivity (Wildman–Crippen MR) is 79.4 cm³/mol. The second kappa shape index (κ2) is 5.38. The second-order valence-electron chi connectivity index (χ2n) is 4.85. The Morgan fingerprint density at radius 3 is 2.54 bits per heavy atom. The normalized spacial score (nSPS) is 11.3. The molecule has 0 bridgehead atoms. The molecule has 0 aliphatic rings. The van der Waals surface area contributed by atoms with Crippen LogP contribution in [0.1, 0.15) is 0 Å². The van der Waals surface area contributed by atoms with Gasteiger partial charge in [0.15, 0.2) is 22.5 Å². The molecule has 0 N–H and O–H groups in total. The average molecular weight is 350 g/mol. The maximum Gasteiger partial charge on any atom is 0.235 e. The highest BCUT2D eigenvalue weighted by atomic mass is 32.1. The van der Waals surface area contributed by atoms with Crippen molar-refractivity contribution in [2.24, 2.45) is 0 Å². The molecule has 0 saturated carbocycles. The van der Waals surface area contributed by atoms with E-state index in [0.717, 1.165) is 35.6 Å². The van der Waals surface area contributed by atoms with Gasteiger partial charge in [-0.15, -0.1) is 10.2 Å². The van der Waals surface area contributed by atoms with Crippen LogP contribution < -0.4 is 0 Å². The minimum atomic E-state index is -1.08. The SMILES string of the molecule is Fc1ccc(F)c(-c2nn3c(-c4cccc(F)c4F)nnc3s2)c1. The van der Waals surface area contributed by atoms with Crippen molar-refractivity contribution < 1.29 is 17.6 Å². The number of rotatable bonds is 2. The molecule has 0 radical (unpaired) electrons. The highest BCUT2D eigenvalue weighted by Crippen LogP contribution is 2.31. The summed E-state index contributed by atoms with van der Waals surface area (Å²) in [6.45, 7) is 0. The van der Waals surface area contributed by atoms with E-state index >= 15 is 0 Å². The van der Waals surface area contributed by atoms with Gasteiger partial charge in [0.1, 0.15) is 11.6 Å². The first-order valence-corrected chi connectivity index (χ1v) is 7.48. The Balaban J connectivity index is 1.91. The highest BCUT2D eigenvalue weighted by Gasteiger charge is 2.20. The summed E-state index contributed by atoms with van der Waals surface area (Å²) in [5, 5.41) is 11.9. The van der Waals surface area contributed by atoms with E-state index in [1.165, 1.54) is 16.6 Å². The Bertz CT molecular complexity index is 1070. The van der Waals surface area contributed by atoms with Crippen molar-refractivity contribution in [1.82, 2.24) is 19.8 Å². The maximum absolute atomic E-state index is 13.9. The number of hydrogen-bond acceptors (Lipinski definition) is 4. The van der Waals surface area contributed by atoms with Gasteiger partial charge in [-0.1, -0.05) is 17.4 Å². The van der Waals surface area contributed by atoms with Crippen LogP contribution in [0.2, 0.25) is 0 Å². The Kier molecular flexibility index (Phi) is 3.31. The average Bonchev–Trinajstić information content (AvgIpc) is 3.13. The molecule has 2 aromatic heterocycles. The summed E-state index contributed by atoms with van der Waals surface area (Å²) in [5.74, 6) is -3.41. The third-order valence-corrected chi connectivity index (χ3v) is 4.27. The van der Waals surface area contributed by atoms with Crippen molar-refractivity contribution in [2.45, 2.75) is 0 Å². The number of benzene rings is 2. The minimum Gasteiger partial charge on any atom is -0.207 e. The summed E-state index contributed by atoms with van der Waals surface area (Å²) in [4.78, 5) is 0.243. The monoisotopic (exact) mass is 350 g/mol. The standard InChI is InChI=1S/C15H6F4N4S/c16-7-4-5-10(17)9(6-7)14-22-23-13(20-21-15(23)24-14)8-2-1-3-11(18)12(8)19/h1-6H. The second-order valence-corrected chi connectivity index (χ2v) is 5.81. The molecule has 0 saturated heterocycles. The first-order valence-electron chi connectivity index (χ1n) is 6.66. The van der Waals surface area contributed by atoms with E-state index in [9.17, 15) is 17.6 Å². The number of hydrogen-bond donors (Lipinski definition) is 0. The molecule has 0 atom stereocenters. The number of fused-ring (bicyclic) bond motifs is 1. The van der Waals surface area contributed by atoms with Gasteiger partial charge in [-0.25, -0.2) is 17.6 Å². The van der Waals surface area contributed by atoms with Gasteiger partial charge in [0.2, 0.25) is 4.96 Å². The zero-order chi connectivity index (χ0) is 16.8. The van der Waals surface area contributed by atoms with Crippen molar-refractivity contribution >= 4 is 16.3 Å². The van der Waals surface area contributed by atoms with Crippen LogP contribution in [0.3, 0.4) is 0 Å². The van der Waals surface area contributed by atoms with Crippen LogP contribution in [0.4, 0.5) is 17.6 Å². The molecular weight excluding hydrogens is 344 g/mol. The lowest BCUT2D eigenvalue weighted by molar-refractivity contribution is 0.510. The zero-order valence-corrected chi connectivity index (χ0v) is 12.5.